The van der Waals surface area contributed by atoms with Gasteiger partial charge in [0.25, 0.3) is 0 Å². The lowest BCUT2D eigenvalue weighted by Gasteiger charge is -2.43. The summed E-state index contributed by atoms with van der Waals surface area (Å²) >= 11 is 6.20. The van der Waals surface area contributed by atoms with Crippen LogP contribution in [0.4, 0.5) is 17.2 Å². The molecule has 162 valence electrons. The second kappa shape index (κ2) is 9.50. The molecule has 0 bridgehead atoms. The number of halogens is 1. The Morgan fingerprint density at radius 1 is 1.10 bits per heavy atom. The Bertz CT molecular complexity index is 857. The van der Waals surface area contributed by atoms with Crippen molar-refractivity contribution in [3.05, 3.63) is 40.8 Å². The summed E-state index contributed by atoms with van der Waals surface area (Å²) in [5.74, 6) is 0.678. The average Bonchev–Trinajstić information content (AvgIpc) is 2.75. The predicted molar refractivity (Wildman–Crippen MR) is 125 cm³/mol. The second-order valence-corrected chi connectivity index (χ2v) is 8.89. The highest BCUT2D eigenvalue weighted by molar-refractivity contribution is 6.30. The fraction of sp³-hybridized carbons (Fsp3) is 0.565. The maximum Gasteiger partial charge on any atom is 0.152 e. The number of nitrogens with zero attached hydrogens (tertiary/aromatic N) is 5. The number of piperidine rings is 1. The maximum absolute atomic E-state index is 6.20. The van der Waals surface area contributed by atoms with Crippen LogP contribution in [0.15, 0.2) is 24.4 Å². The number of piperazine rings is 1. The highest BCUT2D eigenvalue weighted by Crippen LogP contribution is 2.29. The molecule has 0 amide bonds. The molecule has 0 spiro atoms. The summed E-state index contributed by atoms with van der Waals surface area (Å²) in [7, 11) is 2.22. The SMILES string of the molecule is CCc1ncc(Nc2ccc(N3CCC(N4CCN(C)CC4)CC3)c(C)c2)nc1Cl. The molecule has 0 atom stereocenters. The van der Waals surface area contributed by atoms with Crippen LogP contribution in [0.2, 0.25) is 5.15 Å². The van der Waals surface area contributed by atoms with Crippen LogP contribution in [-0.2, 0) is 6.42 Å². The minimum absolute atomic E-state index is 0.471. The van der Waals surface area contributed by atoms with Gasteiger partial charge in [-0.15, -0.1) is 0 Å². The van der Waals surface area contributed by atoms with E-state index in [0.717, 1.165) is 36.9 Å². The number of anilines is 3. The first kappa shape index (κ1) is 21.3. The van der Waals surface area contributed by atoms with E-state index in [1.807, 2.05) is 6.92 Å². The van der Waals surface area contributed by atoms with Gasteiger partial charge in [-0.3, -0.25) is 9.88 Å². The lowest BCUT2D eigenvalue weighted by Crippen LogP contribution is -2.52. The van der Waals surface area contributed by atoms with Crippen molar-refractivity contribution in [1.82, 2.24) is 19.8 Å². The molecule has 0 saturated carbocycles. The van der Waals surface area contributed by atoms with Crippen molar-refractivity contribution in [2.45, 2.75) is 39.2 Å². The second-order valence-electron chi connectivity index (χ2n) is 8.53. The summed E-state index contributed by atoms with van der Waals surface area (Å²) < 4.78 is 0. The van der Waals surface area contributed by atoms with E-state index in [-0.39, 0.29) is 0 Å². The summed E-state index contributed by atoms with van der Waals surface area (Å²) in [5, 5.41) is 3.80. The first-order valence-electron chi connectivity index (χ1n) is 11.1. The zero-order chi connectivity index (χ0) is 21.1. The molecule has 4 rings (SSSR count). The van der Waals surface area contributed by atoms with Gasteiger partial charge < -0.3 is 15.1 Å². The van der Waals surface area contributed by atoms with Crippen molar-refractivity contribution in [3.63, 3.8) is 0 Å². The summed E-state index contributed by atoms with van der Waals surface area (Å²) in [6.07, 6.45) is 5.03. The van der Waals surface area contributed by atoms with E-state index in [1.165, 1.54) is 50.3 Å². The Morgan fingerprint density at radius 2 is 1.83 bits per heavy atom. The van der Waals surface area contributed by atoms with Gasteiger partial charge in [0.05, 0.1) is 11.9 Å². The third-order valence-corrected chi connectivity index (χ3v) is 6.77. The van der Waals surface area contributed by atoms with E-state index in [9.17, 15) is 0 Å². The van der Waals surface area contributed by atoms with Gasteiger partial charge in [0.2, 0.25) is 0 Å². The van der Waals surface area contributed by atoms with Crippen molar-refractivity contribution in [3.8, 4) is 0 Å². The number of rotatable bonds is 5. The smallest absolute Gasteiger partial charge is 0.152 e. The minimum atomic E-state index is 0.471. The number of aryl methyl sites for hydroxylation is 2. The van der Waals surface area contributed by atoms with Gasteiger partial charge in [-0.05, 0) is 57.0 Å². The number of aromatic nitrogens is 2. The quantitative estimate of drug-likeness (QED) is 0.777. The van der Waals surface area contributed by atoms with Gasteiger partial charge in [-0.25, -0.2) is 4.98 Å². The molecule has 0 aliphatic carbocycles. The third-order valence-electron chi connectivity index (χ3n) is 6.46. The Hall–Kier alpha value is -1.89. The Morgan fingerprint density at radius 3 is 2.47 bits per heavy atom. The van der Waals surface area contributed by atoms with Gasteiger partial charge in [0, 0.05) is 56.7 Å². The number of nitrogens with one attached hydrogen (secondary N) is 1. The van der Waals surface area contributed by atoms with Crippen molar-refractivity contribution >= 4 is 28.8 Å². The standard InChI is InChI=1S/C23H33ClN6/c1-4-20-23(24)27-22(16-25-20)26-18-5-6-21(17(2)15-18)30-9-7-19(8-10-30)29-13-11-28(3)12-14-29/h5-6,15-16,19H,4,7-14H2,1-3H3,(H,26,27). The monoisotopic (exact) mass is 428 g/mol. The van der Waals surface area contributed by atoms with E-state index in [4.69, 9.17) is 11.6 Å². The first-order valence-corrected chi connectivity index (χ1v) is 11.5. The minimum Gasteiger partial charge on any atom is -0.371 e. The van der Waals surface area contributed by atoms with Crippen LogP contribution in [0.5, 0.6) is 0 Å². The van der Waals surface area contributed by atoms with E-state index in [2.05, 4.69) is 62.2 Å². The highest BCUT2D eigenvalue weighted by Gasteiger charge is 2.27. The number of hydrogen-bond donors (Lipinski definition) is 1. The molecule has 30 heavy (non-hydrogen) atoms. The molecular formula is C23H33ClN6. The van der Waals surface area contributed by atoms with Crippen LogP contribution in [0.25, 0.3) is 0 Å². The van der Waals surface area contributed by atoms with Gasteiger partial charge >= 0.3 is 0 Å². The molecule has 2 fully saturated rings. The van der Waals surface area contributed by atoms with Crippen LogP contribution in [-0.4, -0.2) is 72.1 Å². The zero-order valence-corrected chi connectivity index (χ0v) is 19.1. The molecule has 2 aromatic rings. The van der Waals surface area contributed by atoms with Crippen LogP contribution >= 0.6 is 11.6 Å². The van der Waals surface area contributed by atoms with Crippen LogP contribution < -0.4 is 10.2 Å². The average molecular weight is 429 g/mol. The molecule has 1 aromatic heterocycles. The Balaban J connectivity index is 1.36. The summed E-state index contributed by atoms with van der Waals surface area (Å²) in [4.78, 5) is 16.5. The van der Waals surface area contributed by atoms with Crippen LogP contribution in [0, 0.1) is 6.92 Å². The van der Waals surface area contributed by atoms with Crippen molar-refractivity contribution in [2.75, 3.05) is 56.5 Å². The van der Waals surface area contributed by atoms with E-state index in [0.29, 0.717) is 11.0 Å². The molecule has 6 nitrogen and oxygen atoms in total. The molecule has 0 unspecified atom stereocenters. The number of hydrogen-bond acceptors (Lipinski definition) is 6. The number of likely N-dealkylation sites (N-methyl/N-ethyl adjacent to an activating group) is 1. The first-order chi connectivity index (χ1) is 14.5. The van der Waals surface area contributed by atoms with Gasteiger partial charge in [-0.2, -0.15) is 0 Å². The van der Waals surface area contributed by atoms with Crippen molar-refractivity contribution in [1.29, 1.82) is 0 Å². The lowest BCUT2D eigenvalue weighted by molar-refractivity contribution is 0.0982. The molecule has 2 saturated heterocycles. The molecule has 2 aliphatic heterocycles. The maximum atomic E-state index is 6.20. The normalized spacial score (nSPS) is 19.3. The molecule has 2 aliphatic rings. The highest BCUT2D eigenvalue weighted by atomic mass is 35.5. The van der Waals surface area contributed by atoms with E-state index < -0.39 is 0 Å². The van der Waals surface area contributed by atoms with Gasteiger partial charge in [0.15, 0.2) is 11.0 Å². The largest absolute Gasteiger partial charge is 0.371 e. The number of benzene rings is 1. The molecular weight excluding hydrogens is 396 g/mol. The van der Waals surface area contributed by atoms with E-state index >= 15 is 0 Å². The van der Waals surface area contributed by atoms with E-state index in [1.54, 1.807) is 6.20 Å². The van der Waals surface area contributed by atoms with Gasteiger partial charge in [0.1, 0.15) is 0 Å². The predicted octanol–water partition coefficient (Wildman–Crippen LogP) is 3.96. The summed E-state index contributed by atoms with van der Waals surface area (Å²) in [5.41, 5.74) is 4.46. The van der Waals surface area contributed by atoms with Crippen molar-refractivity contribution in [2.24, 2.45) is 0 Å². The molecule has 3 heterocycles. The molecule has 7 heteroatoms. The Kier molecular flexibility index (Phi) is 6.76. The molecule has 1 aromatic carbocycles. The fourth-order valence-corrected chi connectivity index (χ4v) is 4.86. The molecule has 1 N–H and O–H groups in total. The summed E-state index contributed by atoms with van der Waals surface area (Å²) in [6, 6.07) is 7.28. The van der Waals surface area contributed by atoms with Crippen LogP contribution in [0.3, 0.4) is 0 Å². The fourth-order valence-electron chi connectivity index (χ4n) is 4.58. The zero-order valence-electron chi connectivity index (χ0n) is 18.4. The van der Waals surface area contributed by atoms with Crippen molar-refractivity contribution < 1.29 is 0 Å². The third kappa shape index (κ3) is 4.88. The summed E-state index contributed by atoms with van der Waals surface area (Å²) in [6.45, 7) is 11.3. The van der Waals surface area contributed by atoms with Crippen LogP contribution in [0.1, 0.15) is 31.0 Å². The lowest BCUT2D eigenvalue weighted by atomic mass is 10.0. The topological polar surface area (TPSA) is 47.5 Å². The van der Waals surface area contributed by atoms with Gasteiger partial charge in [-0.1, -0.05) is 18.5 Å². The molecule has 0 radical (unpaired) electrons. The Labute approximate surface area is 185 Å².